The molecule has 1 aromatic rings. The van der Waals surface area contributed by atoms with E-state index in [-0.39, 0.29) is 19.6 Å². The number of nitrogens with zero attached hydrogens (tertiary/aromatic N) is 1. The molecule has 0 spiro atoms. The Bertz CT molecular complexity index is 883. The largest absolute Gasteiger partial charge is 0.466 e. The van der Waals surface area contributed by atoms with Crippen molar-refractivity contribution in [3.05, 3.63) is 35.4 Å². The number of alkyl carbamates (subject to hydrolysis) is 1. The van der Waals surface area contributed by atoms with Gasteiger partial charge in [0.05, 0.1) is 13.0 Å². The third kappa shape index (κ3) is 9.23. The normalized spacial score (nSPS) is 12.5. The Balaban J connectivity index is 3.02. The van der Waals surface area contributed by atoms with Gasteiger partial charge in [-0.1, -0.05) is 18.1 Å². The molecule has 0 bridgehead atoms. The van der Waals surface area contributed by atoms with Gasteiger partial charge in [-0.3, -0.25) is 14.4 Å². The van der Waals surface area contributed by atoms with Crippen LogP contribution in [0.3, 0.4) is 0 Å². The van der Waals surface area contributed by atoms with Gasteiger partial charge in [0, 0.05) is 19.2 Å². The minimum Gasteiger partial charge on any atom is -0.466 e. The summed E-state index contributed by atoms with van der Waals surface area (Å²) in [5, 5.41) is 5.14. The number of hydrogen-bond acceptors (Lipinski definition) is 6. The first-order valence-electron chi connectivity index (χ1n) is 10.7. The molecule has 1 aromatic carbocycles. The van der Waals surface area contributed by atoms with Gasteiger partial charge in [-0.2, -0.15) is 0 Å². The van der Waals surface area contributed by atoms with Gasteiger partial charge in [0.15, 0.2) is 0 Å². The van der Waals surface area contributed by atoms with Crippen molar-refractivity contribution in [3.63, 3.8) is 0 Å². The monoisotopic (exact) mass is 459 g/mol. The Morgan fingerprint density at radius 1 is 1.15 bits per heavy atom. The van der Waals surface area contributed by atoms with Crippen LogP contribution in [-0.4, -0.2) is 60.6 Å². The molecule has 0 aliphatic rings. The van der Waals surface area contributed by atoms with Crippen molar-refractivity contribution >= 4 is 23.9 Å². The van der Waals surface area contributed by atoms with Crippen LogP contribution in [-0.2, 0) is 23.9 Å². The number of amides is 3. The molecular weight excluding hydrogens is 426 g/mol. The highest BCUT2D eigenvalue weighted by molar-refractivity contribution is 5.91. The van der Waals surface area contributed by atoms with Crippen molar-refractivity contribution in [1.82, 2.24) is 15.5 Å². The number of nitrogens with one attached hydrogen (secondary N) is 2. The number of benzene rings is 1. The Kier molecular flexibility index (Phi) is 10.4. The summed E-state index contributed by atoms with van der Waals surface area (Å²) in [6.07, 6.45) is 4.65. The fourth-order valence-electron chi connectivity index (χ4n) is 2.91. The number of terminal acetylenes is 1. The maximum atomic E-state index is 13.0. The zero-order valence-electron chi connectivity index (χ0n) is 20.1. The molecule has 0 heterocycles. The lowest BCUT2D eigenvalue weighted by Crippen LogP contribution is -2.50. The maximum Gasteiger partial charge on any atom is 0.408 e. The van der Waals surface area contributed by atoms with Crippen molar-refractivity contribution in [1.29, 1.82) is 0 Å². The van der Waals surface area contributed by atoms with E-state index in [1.54, 1.807) is 52.0 Å². The predicted molar refractivity (Wildman–Crippen MR) is 123 cm³/mol. The van der Waals surface area contributed by atoms with Crippen LogP contribution in [0.25, 0.3) is 0 Å². The zero-order valence-corrected chi connectivity index (χ0v) is 20.1. The molecule has 2 unspecified atom stereocenters. The van der Waals surface area contributed by atoms with Crippen molar-refractivity contribution in [3.8, 4) is 12.3 Å². The minimum atomic E-state index is -1.02. The van der Waals surface area contributed by atoms with E-state index < -0.39 is 41.6 Å². The van der Waals surface area contributed by atoms with Gasteiger partial charge < -0.3 is 25.0 Å². The summed E-state index contributed by atoms with van der Waals surface area (Å²) in [5.74, 6) is 1.06. The number of esters is 1. The number of carbonyl (C=O) groups is 4. The number of hydrogen-bond donors (Lipinski definition) is 2. The van der Waals surface area contributed by atoms with E-state index in [1.807, 2.05) is 0 Å². The Labute approximate surface area is 195 Å². The summed E-state index contributed by atoms with van der Waals surface area (Å²) < 4.78 is 10.0. The number of ether oxygens (including phenoxy) is 2. The third-order valence-corrected chi connectivity index (χ3v) is 4.41. The summed E-state index contributed by atoms with van der Waals surface area (Å²) in [5.41, 5.74) is 0.413. The Hall–Kier alpha value is -3.54. The number of rotatable bonds is 9. The molecule has 0 fully saturated rings. The molecule has 2 atom stereocenters. The van der Waals surface area contributed by atoms with E-state index in [9.17, 15) is 19.2 Å². The highest BCUT2D eigenvalue weighted by Crippen LogP contribution is 2.21. The first kappa shape index (κ1) is 27.5. The molecule has 0 aliphatic carbocycles. The summed E-state index contributed by atoms with van der Waals surface area (Å²) >= 11 is 0. The van der Waals surface area contributed by atoms with E-state index >= 15 is 0 Å². The molecule has 180 valence electrons. The molecule has 0 aromatic heterocycles. The molecule has 9 nitrogen and oxygen atoms in total. The van der Waals surface area contributed by atoms with Crippen LogP contribution in [0.1, 0.15) is 58.2 Å². The summed E-state index contributed by atoms with van der Waals surface area (Å²) in [4.78, 5) is 50.9. The SMILES string of the molecule is C#Cc1ccc(C(C(=O)NCCC(=O)OCC)N(C)C(=O)C(C)NC(=O)OC(C)(C)C)cc1. The lowest BCUT2D eigenvalue weighted by atomic mass is 10.0. The van der Waals surface area contributed by atoms with Gasteiger partial charge in [0.25, 0.3) is 0 Å². The first-order chi connectivity index (χ1) is 15.4. The predicted octanol–water partition coefficient (Wildman–Crippen LogP) is 2.15. The van der Waals surface area contributed by atoms with E-state index in [1.165, 1.54) is 18.9 Å². The second-order valence-electron chi connectivity index (χ2n) is 8.33. The van der Waals surface area contributed by atoms with Crippen LogP contribution in [0.2, 0.25) is 0 Å². The van der Waals surface area contributed by atoms with Crippen LogP contribution < -0.4 is 10.6 Å². The molecule has 0 radical (unpaired) electrons. The van der Waals surface area contributed by atoms with Gasteiger partial charge in [-0.05, 0) is 52.3 Å². The lowest BCUT2D eigenvalue weighted by Gasteiger charge is -2.30. The second kappa shape index (κ2) is 12.5. The highest BCUT2D eigenvalue weighted by atomic mass is 16.6. The van der Waals surface area contributed by atoms with Crippen LogP contribution in [0, 0.1) is 12.3 Å². The topological polar surface area (TPSA) is 114 Å². The first-order valence-corrected chi connectivity index (χ1v) is 10.7. The van der Waals surface area contributed by atoms with E-state index in [0.29, 0.717) is 11.1 Å². The second-order valence-corrected chi connectivity index (χ2v) is 8.33. The van der Waals surface area contributed by atoms with Gasteiger partial charge in [0.2, 0.25) is 11.8 Å². The molecule has 0 aliphatic heterocycles. The summed E-state index contributed by atoms with van der Waals surface area (Å²) in [6.45, 7) is 8.62. The van der Waals surface area contributed by atoms with E-state index in [0.717, 1.165) is 0 Å². The fourth-order valence-corrected chi connectivity index (χ4v) is 2.91. The molecule has 3 amide bonds. The Morgan fingerprint density at radius 2 is 1.76 bits per heavy atom. The van der Waals surface area contributed by atoms with Crippen LogP contribution >= 0.6 is 0 Å². The molecular formula is C24H33N3O6. The number of carbonyl (C=O) groups excluding carboxylic acids is 4. The van der Waals surface area contributed by atoms with Gasteiger partial charge >= 0.3 is 12.1 Å². The lowest BCUT2D eigenvalue weighted by molar-refractivity contribution is -0.143. The zero-order chi connectivity index (χ0) is 25.2. The van der Waals surface area contributed by atoms with Gasteiger partial charge in [-0.25, -0.2) is 4.79 Å². The fraction of sp³-hybridized carbons (Fsp3) is 0.500. The maximum absolute atomic E-state index is 13.0. The number of likely N-dealkylation sites (N-methyl/N-ethyl adjacent to an activating group) is 1. The highest BCUT2D eigenvalue weighted by Gasteiger charge is 2.32. The van der Waals surface area contributed by atoms with Crippen LogP contribution in [0.4, 0.5) is 4.79 Å². The minimum absolute atomic E-state index is 0.00338. The average Bonchev–Trinajstić information content (AvgIpc) is 2.72. The average molecular weight is 460 g/mol. The van der Waals surface area contributed by atoms with Gasteiger partial charge in [-0.15, -0.1) is 6.42 Å². The van der Waals surface area contributed by atoms with Crippen LogP contribution in [0.5, 0.6) is 0 Å². The Morgan fingerprint density at radius 3 is 2.27 bits per heavy atom. The molecule has 1 rings (SSSR count). The van der Waals surface area contributed by atoms with Crippen molar-refractivity contribution < 1.29 is 28.7 Å². The molecule has 0 saturated heterocycles. The van der Waals surface area contributed by atoms with E-state index in [4.69, 9.17) is 15.9 Å². The quantitative estimate of drug-likeness (QED) is 0.432. The molecule has 9 heteroatoms. The summed E-state index contributed by atoms with van der Waals surface area (Å²) in [7, 11) is 1.46. The van der Waals surface area contributed by atoms with E-state index in [2.05, 4.69) is 16.6 Å². The molecule has 33 heavy (non-hydrogen) atoms. The van der Waals surface area contributed by atoms with Crippen molar-refractivity contribution in [2.75, 3.05) is 20.2 Å². The van der Waals surface area contributed by atoms with Crippen molar-refractivity contribution in [2.45, 2.75) is 58.7 Å². The van der Waals surface area contributed by atoms with Gasteiger partial charge in [0.1, 0.15) is 17.7 Å². The smallest absolute Gasteiger partial charge is 0.408 e. The molecule has 0 saturated carbocycles. The third-order valence-electron chi connectivity index (χ3n) is 4.41. The summed E-state index contributed by atoms with van der Waals surface area (Å²) in [6, 6.07) is 4.66. The van der Waals surface area contributed by atoms with Crippen molar-refractivity contribution in [2.24, 2.45) is 0 Å². The van der Waals surface area contributed by atoms with Crippen LogP contribution in [0.15, 0.2) is 24.3 Å². The molecule has 2 N–H and O–H groups in total. The standard InChI is InChI=1S/C24H33N3O6/c1-8-17-10-12-18(13-11-17)20(21(29)25-15-14-19(28)32-9-2)27(7)22(30)16(3)26-23(31)33-24(4,5)6/h1,10-13,16,20H,9,14-15H2,2-7H3,(H,25,29)(H,26,31).